The van der Waals surface area contributed by atoms with Gasteiger partial charge in [0, 0.05) is 18.0 Å². The average Bonchev–Trinajstić information content (AvgIpc) is 2.45. The minimum atomic E-state index is -2.58. The van der Waals surface area contributed by atoms with E-state index in [-0.39, 0.29) is 17.1 Å². The van der Waals surface area contributed by atoms with Gasteiger partial charge < -0.3 is 4.74 Å². The van der Waals surface area contributed by atoms with Gasteiger partial charge in [0.25, 0.3) is 6.43 Å². The molecule has 3 nitrogen and oxygen atoms in total. The van der Waals surface area contributed by atoms with Crippen LogP contribution in [0.5, 0.6) is 5.75 Å². The molecule has 20 heavy (non-hydrogen) atoms. The van der Waals surface area contributed by atoms with Crippen molar-refractivity contribution in [2.24, 2.45) is 0 Å². The van der Waals surface area contributed by atoms with Gasteiger partial charge in [-0.1, -0.05) is 12.1 Å². The smallest absolute Gasteiger partial charge is 0.272 e. The number of carbonyl (C=O) groups excluding carboxylic acids is 1. The summed E-state index contributed by atoms with van der Waals surface area (Å²) in [7, 11) is 0. The molecule has 0 atom stereocenters. The van der Waals surface area contributed by atoms with Crippen LogP contribution in [0.3, 0.4) is 0 Å². The first kappa shape index (κ1) is 14.1. The molecule has 0 spiro atoms. The van der Waals surface area contributed by atoms with Gasteiger partial charge in [-0.05, 0) is 30.7 Å². The lowest BCUT2D eigenvalue weighted by Crippen LogP contribution is -2.09. The fourth-order valence-electron chi connectivity index (χ4n) is 1.80. The lowest BCUT2D eigenvalue weighted by atomic mass is 10.0. The van der Waals surface area contributed by atoms with Crippen LogP contribution in [0.25, 0.3) is 11.1 Å². The number of halogens is 2. The summed E-state index contributed by atoms with van der Waals surface area (Å²) >= 11 is 0. The molecule has 0 unspecified atom stereocenters. The summed E-state index contributed by atoms with van der Waals surface area (Å²) in [6.07, 6.45) is 0.738. The Balaban J connectivity index is 2.35. The zero-order valence-electron chi connectivity index (χ0n) is 10.8. The van der Waals surface area contributed by atoms with Gasteiger partial charge in [0.2, 0.25) is 0 Å². The van der Waals surface area contributed by atoms with E-state index in [0.29, 0.717) is 0 Å². The van der Waals surface area contributed by atoms with Gasteiger partial charge in [0.1, 0.15) is 12.4 Å². The molecule has 0 saturated carbocycles. The number of benzene rings is 1. The molecular formula is C15H13F2NO2. The summed E-state index contributed by atoms with van der Waals surface area (Å²) in [5.41, 5.74) is 1.91. The van der Waals surface area contributed by atoms with Crippen molar-refractivity contribution in [3.63, 3.8) is 0 Å². The van der Waals surface area contributed by atoms with Gasteiger partial charge in [-0.25, -0.2) is 8.78 Å². The van der Waals surface area contributed by atoms with E-state index in [2.05, 4.69) is 4.98 Å². The number of hydrogen-bond donors (Lipinski definition) is 0. The van der Waals surface area contributed by atoms with E-state index in [4.69, 9.17) is 4.74 Å². The Labute approximate surface area is 115 Å². The number of hydrogen-bond acceptors (Lipinski definition) is 3. The first-order chi connectivity index (χ1) is 9.58. The third kappa shape index (κ3) is 3.38. The van der Waals surface area contributed by atoms with E-state index in [9.17, 15) is 13.6 Å². The van der Waals surface area contributed by atoms with Crippen LogP contribution in [0.1, 0.15) is 17.3 Å². The Kier molecular flexibility index (Phi) is 4.40. The van der Waals surface area contributed by atoms with Crippen molar-refractivity contribution in [2.75, 3.05) is 6.61 Å². The number of alkyl halides is 2. The van der Waals surface area contributed by atoms with E-state index in [1.54, 1.807) is 30.6 Å². The molecule has 0 bridgehead atoms. The summed E-state index contributed by atoms with van der Waals surface area (Å²) in [6.45, 7) is 0.643. The molecule has 0 N–H and O–H groups in total. The number of carbonyl (C=O) groups is 1. The highest BCUT2D eigenvalue weighted by Gasteiger charge is 2.12. The second kappa shape index (κ2) is 6.23. The molecule has 0 saturated heterocycles. The molecule has 0 radical (unpaired) electrons. The lowest BCUT2D eigenvalue weighted by molar-refractivity contribution is 0.0802. The Bertz CT molecular complexity index is 600. The van der Waals surface area contributed by atoms with E-state index in [0.717, 1.165) is 11.1 Å². The van der Waals surface area contributed by atoms with Crippen molar-refractivity contribution in [1.29, 1.82) is 0 Å². The van der Waals surface area contributed by atoms with Crippen LogP contribution in [0.15, 0.2) is 42.7 Å². The minimum absolute atomic E-state index is 0.172. The predicted molar refractivity (Wildman–Crippen MR) is 71.2 cm³/mol. The summed E-state index contributed by atoms with van der Waals surface area (Å²) in [5.74, 6) is -0.0644. The van der Waals surface area contributed by atoms with Crippen LogP contribution in [-0.4, -0.2) is 23.8 Å². The quantitative estimate of drug-likeness (QED) is 0.784. The summed E-state index contributed by atoms with van der Waals surface area (Å²) in [5, 5.41) is 0. The molecule has 1 aromatic carbocycles. The third-order valence-corrected chi connectivity index (χ3v) is 2.72. The van der Waals surface area contributed by atoms with Crippen molar-refractivity contribution in [3.8, 4) is 16.9 Å². The maximum Gasteiger partial charge on any atom is 0.272 e. The molecule has 104 valence electrons. The van der Waals surface area contributed by atoms with Crippen molar-refractivity contribution in [1.82, 2.24) is 4.98 Å². The maximum atomic E-state index is 12.2. The fraction of sp³-hybridized carbons (Fsp3) is 0.200. The molecule has 0 fully saturated rings. The van der Waals surface area contributed by atoms with Gasteiger partial charge in [-0.15, -0.1) is 0 Å². The third-order valence-electron chi connectivity index (χ3n) is 2.72. The van der Waals surface area contributed by atoms with E-state index < -0.39 is 13.0 Å². The molecule has 0 aliphatic heterocycles. The molecule has 0 aliphatic rings. The largest absolute Gasteiger partial charge is 0.487 e. The van der Waals surface area contributed by atoms with Gasteiger partial charge in [0.05, 0.1) is 5.56 Å². The second-order valence-corrected chi connectivity index (χ2v) is 4.21. The van der Waals surface area contributed by atoms with Gasteiger partial charge >= 0.3 is 0 Å². The number of Topliss-reactive ketones (excluding diaryl/α,β-unsaturated/α-hetero) is 1. The van der Waals surface area contributed by atoms with Crippen molar-refractivity contribution >= 4 is 5.78 Å². The summed E-state index contributed by atoms with van der Waals surface area (Å²) in [6, 6.07) is 8.50. The Hall–Kier alpha value is -2.30. The number of ether oxygens (including phenoxy) is 1. The van der Waals surface area contributed by atoms with Crippen LogP contribution in [0, 0.1) is 0 Å². The van der Waals surface area contributed by atoms with Crippen molar-refractivity contribution < 1.29 is 18.3 Å². The molecule has 1 aromatic heterocycles. The van der Waals surface area contributed by atoms with Crippen molar-refractivity contribution in [3.05, 3.63) is 48.3 Å². The fourth-order valence-corrected chi connectivity index (χ4v) is 1.80. The van der Waals surface area contributed by atoms with Gasteiger partial charge in [-0.3, -0.25) is 9.78 Å². The first-order valence-corrected chi connectivity index (χ1v) is 6.04. The minimum Gasteiger partial charge on any atom is -0.487 e. The molecule has 0 amide bonds. The van der Waals surface area contributed by atoms with Crippen LogP contribution >= 0.6 is 0 Å². The number of ketones is 1. The van der Waals surface area contributed by atoms with Crippen molar-refractivity contribution in [2.45, 2.75) is 13.3 Å². The standard InChI is InChI=1S/C15H13F2NO2/c1-10(19)13-7-11(12-3-2-6-18-8-12)4-5-14(13)20-9-15(16)17/h2-8,15H,9H2,1H3. The zero-order valence-corrected chi connectivity index (χ0v) is 10.8. The lowest BCUT2D eigenvalue weighted by Gasteiger charge is -2.11. The molecule has 1 heterocycles. The molecule has 5 heteroatoms. The SMILES string of the molecule is CC(=O)c1cc(-c2cccnc2)ccc1OCC(F)F. The molecule has 2 aromatic rings. The Morgan fingerprint density at radius 1 is 1.30 bits per heavy atom. The van der Waals surface area contributed by atoms with Crippen LogP contribution in [-0.2, 0) is 0 Å². The van der Waals surface area contributed by atoms with E-state index >= 15 is 0 Å². The highest BCUT2D eigenvalue weighted by molar-refractivity contribution is 5.98. The molecule has 0 aliphatic carbocycles. The Morgan fingerprint density at radius 2 is 2.10 bits per heavy atom. The number of nitrogens with zero attached hydrogens (tertiary/aromatic N) is 1. The summed E-state index contributed by atoms with van der Waals surface area (Å²) < 4.78 is 29.3. The zero-order chi connectivity index (χ0) is 14.5. The Morgan fingerprint density at radius 3 is 2.70 bits per heavy atom. The van der Waals surface area contributed by atoms with Crippen LogP contribution in [0.4, 0.5) is 8.78 Å². The highest BCUT2D eigenvalue weighted by Crippen LogP contribution is 2.27. The van der Waals surface area contributed by atoms with Gasteiger partial charge in [0.15, 0.2) is 5.78 Å². The topological polar surface area (TPSA) is 39.2 Å². The van der Waals surface area contributed by atoms with Crippen LogP contribution in [0.2, 0.25) is 0 Å². The van der Waals surface area contributed by atoms with E-state index in [1.165, 1.54) is 13.0 Å². The van der Waals surface area contributed by atoms with Gasteiger partial charge in [-0.2, -0.15) is 0 Å². The first-order valence-electron chi connectivity index (χ1n) is 6.04. The highest BCUT2D eigenvalue weighted by atomic mass is 19.3. The number of pyridine rings is 1. The normalized spacial score (nSPS) is 10.6. The number of aromatic nitrogens is 1. The number of rotatable bonds is 5. The van der Waals surface area contributed by atoms with E-state index in [1.807, 2.05) is 6.07 Å². The maximum absolute atomic E-state index is 12.2. The predicted octanol–water partition coefficient (Wildman–Crippen LogP) is 3.60. The van der Waals surface area contributed by atoms with Crippen LogP contribution < -0.4 is 4.74 Å². The summed E-state index contributed by atoms with van der Waals surface area (Å²) in [4.78, 5) is 15.6. The second-order valence-electron chi connectivity index (χ2n) is 4.21. The molecular weight excluding hydrogens is 264 g/mol. The monoisotopic (exact) mass is 277 g/mol. The average molecular weight is 277 g/mol. The molecule has 2 rings (SSSR count).